The Kier molecular flexibility index (Phi) is 7.72. The maximum Gasteiger partial charge on any atom is 0.337 e. The van der Waals surface area contributed by atoms with E-state index in [2.05, 4.69) is 10.1 Å². The number of anilines is 1. The molecule has 0 aliphatic heterocycles. The lowest BCUT2D eigenvalue weighted by Crippen LogP contribution is -2.11. The molecule has 0 radical (unpaired) electrons. The molecular weight excluding hydrogens is 492 g/mol. The van der Waals surface area contributed by atoms with Gasteiger partial charge in [0.2, 0.25) is 0 Å². The van der Waals surface area contributed by atoms with Gasteiger partial charge in [-0.25, -0.2) is 4.79 Å². The van der Waals surface area contributed by atoms with Crippen LogP contribution in [0.15, 0.2) is 77.2 Å². The number of non-ortho nitro benzene ring substituents is 1. The highest BCUT2D eigenvalue weighted by atomic mass is 16.6. The Hall–Kier alpha value is -5.12. The molecule has 0 aliphatic rings. The summed E-state index contributed by atoms with van der Waals surface area (Å²) in [7, 11) is 1.30. The number of esters is 1. The van der Waals surface area contributed by atoms with Gasteiger partial charge in [0.15, 0.2) is 5.76 Å². The van der Waals surface area contributed by atoms with Gasteiger partial charge in [0.25, 0.3) is 11.6 Å². The highest BCUT2D eigenvalue weighted by molar-refractivity contribution is 6.02. The molecule has 1 amide bonds. The molecule has 0 bridgehead atoms. The maximum atomic E-state index is 12.8. The third-order valence-corrected chi connectivity index (χ3v) is 5.33. The van der Waals surface area contributed by atoms with Gasteiger partial charge in [0.05, 0.1) is 29.4 Å². The van der Waals surface area contributed by atoms with E-state index in [9.17, 15) is 19.7 Å². The molecule has 4 aromatic rings. The van der Waals surface area contributed by atoms with Crippen LogP contribution in [0.25, 0.3) is 0 Å². The fourth-order valence-electron chi connectivity index (χ4n) is 3.68. The summed E-state index contributed by atoms with van der Waals surface area (Å²) in [5, 5.41) is 14.1. The second kappa shape index (κ2) is 11.3. The van der Waals surface area contributed by atoms with Crippen LogP contribution in [0.1, 0.15) is 37.8 Å². The van der Waals surface area contributed by atoms with E-state index in [1.54, 1.807) is 30.3 Å². The van der Waals surface area contributed by atoms with Crippen molar-refractivity contribution in [3.8, 4) is 17.2 Å². The van der Waals surface area contributed by atoms with E-state index in [1.165, 1.54) is 31.4 Å². The second-order valence-corrected chi connectivity index (χ2v) is 8.42. The lowest BCUT2D eigenvalue weighted by Gasteiger charge is -2.10. The minimum Gasteiger partial charge on any atom is -0.486 e. The van der Waals surface area contributed by atoms with E-state index in [0.717, 1.165) is 11.1 Å². The van der Waals surface area contributed by atoms with Crippen LogP contribution in [0.2, 0.25) is 0 Å². The SMILES string of the molecule is COC(=O)c1ccc(OCc2ccc(C(=O)Nc3cc(Oc4cc(C)cc(C)c4)cc([N+](=O)[O-])c3)o2)cc1. The molecule has 0 unspecified atom stereocenters. The van der Waals surface area contributed by atoms with Crippen molar-refractivity contribution >= 4 is 23.3 Å². The molecule has 10 nitrogen and oxygen atoms in total. The van der Waals surface area contributed by atoms with E-state index in [0.29, 0.717) is 22.8 Å². The third-order valence-electron chi connectivity index (χ3n) is 5.33. The van der Waals surface area contributed by atoms with Crippen molar-refractivity contribution in [3.05, 3.63) is 111 Å². The number of amides is 1. The summed E-state index contributed by atoms with van der Waals surface area (Å²) in [5.74, 6) is 0.538. The Morgan fingerprint density at radius 1 is 0.895 bits per heavy atom. The van der Waals surface area contributed by atoms with Crippen molar-refractivity contribution in [2.75, 3.05) is 12.4 Å². The maximum absolute atomic E-state index is 12.8. The quantitative estimate of drug-likeness (QED) is 0.158. The molecule has 0 saturated carbocycles. The number of nitrogens with zero attached hydrogens (tertiary/aromatic N) is 1. The molecular formula is C28H24N2O8. The van der Waals surface area contributed by atoms with Gasteiger partial charge in [-0.15, -0.1) is 0 Å². The van der Waals surface area contributed by atoms with Crippen LogP contribution in [0.5, 0.6) is 17.2 Å². The molecule has 0 aliphatic carbocycles. The second-order valence-electron chi connectivity index (χ2n) is 8.42. The Morgan fingerprint density at radius 3 is 2.24 bits per heavy atom. The number of furan rings is 1. The summed E-state index contributed by atoms with van der Waals surface area (Å²) in [6.07, 6.45) is 0. The van der Waals surface area contributed by atoms with Gasteiger partial charge in [-0.3, -0.25) is 14.9 Å². The highest BCUT2D eigenvalue weighted by Gasteiger charge is 2.17. The summed E-state index contributed by atoms with van der Waals surface area (Å²) >= 11 is 0. The van der Waals surface area contributed by atoms with Crippen LogP contribution in [-0.2, 0) is 11.3 Å². The van der Waals surface area contributed by atoms with Gasteiger partial charge in [0.1, 0.15) is 29.6 Å². The molecule has 10 heteroatoms. The van der Waals surface area contributed by atoms with Crippen LogP contribution in [0, 0.1) is 24.0 Å². The molecule has 4 rings (SSSR count). The van der Waals surface area contributed by atoms with Crippen molar-refractivity contribution < 1.29 is 33.1 Å². The van der Waals surface area contributed by atoms with Crippen LogP contribution < -0.4 is 14.8 Å². The highest BCUT2D eigenvalue weighted by Crippen LogP contribution is 2.31. The zero-order valence-electron chi connectivity index (χ0n) is 20.8. The largest absolute Gasteiger partial charge is 0.486 e. The lowest BCUT2D eigenvalue weighted by atomic mass is 10.1. The van der Waals surface area contributed by atoms with E-state index in [-0.39, 0.29) is 29.5 Å². The van der Waals surface area contributed by atoms with Crippen LogP contribution in [0.4, 0.5) is 11.4 Å². The number of hydrogen-bond acceptors (Lipinski definition) is 8. The van der Waals surface area contributed by atoms with Crippen molar-refractivity contribution in [1.29, 1.82) is 0 Å². The fraction of sp³-hybridized carbons (Fsp3) is 0.143. The Balaban J connectivity index is 1.43. The smallest absolute Gasteiger partial charge is 0.337 e. The summed E-state index contributed by atoms with van der Waals surface area (Å²) in [6.45, 7) is 3.88. The van der Waals surface area contributed by atoms with Crippen molar-refractivity contribution in [2.45, 2.75) is 20.5 Å². The predicted molar refractivity (Wildman–Crippen MR) is 138 cm³/mol. The molecule has 0 atom stereocenters. The zero-order chi connectivity index (χ0) is 27.2. The number of methoxy groups -OCH3 is 1. The first-order valence-corrected chi connectivity index (χ1v) is 11.5. The molecule has 1 N–H and O–H groups in total. The van der Waals surface area contributed by atoms with Crippen molar-refractivity contribution in [1.82, 2.24) is 0 Å². The van der Waals surface area contributed by atoms with Gasteiger partial charge in [0, 0.05) is 12.1 Å². The summed E-state index contributed by atoms with van der Waals surface area (Å²) < 4.78 is 21.7. The first-order chi connectivity index (χ1) is 18.2. The standard InChI is InChI=1S/C28H24N2O8/c1-17-10-18(2)12-24(11-17)37-25-14-20(13-21(15-25)30(33)34)29-27(31)26-9-8-23(38-26)16-36-22-6-4-19(5-7-22)28(32)35-3/h4-15H,16H2,1-3H3,(H,29,31). The topological polar surface area (TPSA) is 130 Å². The Labute approximate surface area is 217 Å². The summed E-state index contributed by atoms with van der Waals surface area (Å²) in [6, 6.07) is 19.0. The summed E-state index contributed by atoms with van der Waals surface area (Å²) in [4.78, 5) is 35.2. The van der Waals surface area contributed by atoms with Crippen LogP contribution in [0.3, 0.4) is 0 Å². The number of hydrogen-bond donors (Lipinski definition) is 1. The fourth-order valence-corrected chi connectivity index (χ4v) is 3.68. The van der Waals surface area contributed by atoms with Gasteiger partial charge in [-0.1, -0.05) is 6.07 Å². The number of rotatable bonds is 9. The Morgan fingerprint density at radius 2 is 1.58 bits per heavy atom. The number of nitrogens with one attached hydrogen (secondary N) is 1. The Bertz CT molecular complexity index is 1470. The van der Waals surface area contributed by atoms with Crippen LogP contribution in [-0.4, -0.2) is 23.9 Å². The van der Waals surface area contributed by atoms with Gasteiger partial charge in [-0.2, -0.15) is 0 Å². The minimum atomic E-state index is -0.600. The molecule has 0 saturated heterocycles. The molecule has 3 aromatic carbocycles. The average Bonchev–Trinajstić information content (AvgIpc) is 3.36. The lowest BCUT2D eigenvalue weighted by molar-refractivity contribution is -0.384. The zero-order valence-corrected chi connectivity index (χ0v) is 20.8. The molecule has 0 spiro atoms. The molecule has 38 heavy (non-hydrogen) atoms. The monoisotopic (exact) mass is 516 g/mol. The van der Waals surface area contributed by atoms with E-state index < -0.39 is 16.8 Å². The van der Waals surface area contributed by atoms with E-state index in [4.69, 9.17) is 13.9 Å². The van der Waals surface area contributed by atoms with Gasteiger partial charge < -0.3 is 23.9 Å². The minimum absolute atomic E-state index is 0.00655. The normalized spacial score (nSPS) is 10.5. The number of benzene rings is 3. The molecule has 1 heterocycles. The predicted octanol–water partition coefficient (Wildman–Crippen LogP) is 6.21. The number of nitro groups is 1. The summed E-state index contributed by atoms with van der Waals surface area (Å²) in [5.41, 5.74) is 2.28. The van der Waals surface area contributed by atoms with E-state index >= 15 is 0 Å². The van der Waals surface area contributed by atoms with Crippen LogP contribution >= 0.6 is 0 Å². The molecule has 194 valence electrons. The van der Waals surface area contributed by atoms with E-state index in [1.807, 2.05) is 32.0 Å². The van der Waals surface area contributed by atoms with Crippen molar-refractivity contribution in [2.24, 2.45) is 0 Å². The number of ether oxygens (including phenoxy) is 3. The first kappa shape index (κ1) is 26.0. The van der Waals surface area contributed by atoms with Gasteiger partial charge in [-0.05, 0) is 73.5 Å². The van der Waals surface area contributed by atoms with Gasteiger partial charge >= 0.3 is 5.97 Å². The number of carbonyl (C=O) groups is 2. The third kappa shape index (κ3) is 6.55. The average molecular weight is 517 g/mol. The number of aryl methyl sites for hydroxylation is 2. The number of nitro benzene ring substituents is 1. The first-order valence-electron chi connectivity index (χ1n) is 11.5. The number of carbonyl (C=O) groups excluding carboxylic acids is 2. The van der Waals surface area contributed by atoms with Crippen molar-refractivity contribution in [3.63, 3.8) is 0 Å². The molecule has 1 aromatic heterocycles. The molecule has 0 fully saturated rings.